The standard InChI is InChI=1S/C31H32FN5O4S/c1-18(2)17-41-24-15-22(14-23(32)16-24)26-9-8-25(31(38)36-42(39,40)28-7-5-6-27(33)35-28)30(34-26)37-11-10-21-13-19(3)12-20(4)29(21)37/h5-9,12-16,18H,10-11,17H2,1-4H3,(H2,33,35)(H,36,38). The molecule has 5 rings (SSSR count). The lowest BCUT2D eigenvalue weighted by Crippen LogP contribution is -2.33. The fourth-order valence-electron chi connectivity index (χ4n) is 5.04. The van der Waals surface area contributed by atoms with Gasteiger partial charge in [-0.3, -0.25) is 4.79 Å². The van der Waals surface area contributed by atoms with Gasteiger partial charge in [-0.05, 0) is 73.7 Å². The van der Waals surface area contributed by atoms with Crippen molar-refractivity contribution in [2.24, 2.45) is 5.92 Å². The van der Waals surface area contributed by atoms with Gasteiger partial charge in [0, 0.05) is 23.9 Å². The third-order valence-electron chi connectivity index (χ3n) is 6.77. The van der Waals surface area contributed by atoms with Crippen molar-refractivity contribution in [1.29, 1.82) is 0 Å². The number of benzene rings is 2. The Kier molecular flexibility index (Phi) is 7.87. The molecule has 0 atom stereocenters. The molecular weight excluding hydrogens is 557 g/mol. The first-order valence-corrected chi connectivity index (χ1v) is 15.0. The molecule has 2 aromatic carbocycles. The second kappa shape index (κ2) is 11.4. The molecule has 1 amide bonds. The van der Waals surface area contributed by atoms with Crippen LogP contribution in [0, 0.1) is 25.6 Å². The normalized spacial score (nSPS) is 12.9. The van der Waals surface area contributed by atoms with Gasteiger partial charge in [-0.15, -0.1) is 0 Å². The van der Waals surface area contributed by atoms with E-state index in [-0.39, 0.29) is 28.1 Å². The number of carbonyl (C=O) groups is 1. The molecule has 0 unspecified atom stereocenters. The van der Waals surface area contributed by atoms with Gasteiger partial charge in [0.25, 0.3) is 15.9 Å². The largest absolute Gasteiger partial charge is 0.493 e. The summed E-state index contributed by atoms with van der Waals surface area (Å²) in [5.74, 6) is -0.507. The number of anilines is 3. The third kappa shape index (κ3) is 6.06. The highest BCUT2D eigenvalue weighted by molar-refractivity contribution is 7.90. The van der Waals surface area contributed by atoms with Crippen LogP contribution in [0.1, 0.15) is 40.9 Å². The number of aromatic nitrogens is 2. The highest BCUT2D eigenvalue weighted by atomic mass is 32.2. The van der Waals surface area contributed by atoms with Crippen molar-refractivity contribution in [2.75, 3.05) is 23.8 Å². The number of nitrogens with one attached hydrogen (secondary N) is 1. The number of sulfonamides is 1. The van der Waals surface area contributed by atoms with Gasteiger partial charge >= 0.3 is 0 Å². The van der Waals surface area contributed by atoms with E-state index in [1.165, 1.54) is 36.4 Å². The van der Waals surface area contributed by atoms with Crippen LogP contribution in [-0.2, 0) is 16.4 Å². The van der Waals surface area contributed by atoms with Gasteiger partial charge in [0.15, 0.2) is 5.03 Å². The predicted molar refractivity (Wildman–Crippen MR) is 160 cm³/mol. The molecule has 1 aliphatic rings. The smallest absolute Gasteiger partial charge is 0.281 e. The van der Waals surface area contributed by atoms with E-state index in [4.69, 9.17) is 15.5 Å². The highest BCUT2D eigenvalue weighted by Gasteiger charge is 2.30. The first-order valence-electron chi connectivity index (χ1n) is 13.5. The van der Waals surface area contributed by atoms with Gasteiger partial charge in [-0.2, -0.15) is 8.42 Å². The summed E-state index contributed by atoms with van der Waals surface area (Å²) in [5, 5.41) is -0.381. The number of aryl methyl sites for hydroxylation is 2. The molecule has 0 bridgehead atoms. The fourth-order valence-corrected chi connectivity index (χ4v) is 5.98. The molecule has 0 aliphatic carbocycles. The molecule has 42 heavy (non-hydrogen) atoms. The van der Waals surface area contributed by atoms with Crippen molar-refractivity contribution >= 4 is 33.3 Å². The number of nitrogens with zero attached hydrogens (tertiary/aromatic N) is 3. The molecule has 4 aromatic rings. The summed E-state index contributed by atoms with van der Waals surface area (Å²) < 4.78 is 48.6. The fraction of sp³-hybridized carbons (Fsp3) is 0.258. The van der Waals surface area contributed by atoms with Gasteiger partial charge in [0.05, 0.1) is 17.9 Å². The average Bonchev–Trinajstić information content (AvgIpc) is 3.35. The first kappa shape index (κ1) is 29.0. The number of amides is 1. The van der Waals surface area contributed by atoms with Crippen molar-refractivity contribution in [1.82, 2.24) is 14.7 Å². The van der Waals surface area contributed by atoms with Crippen LogP contribution in [0.15, 0.2) is 65.7 Å². The Bertz CT molecular complexity index is 1790. The second-order valence-electron chi connectivity index (χ2n) is 10.8. The van der Waals surface area contributed by atoms with E-state index in [0.29, 0.717) is 36.6 Å². The number of rotatable bonds is 8. The summed E-state index contributed by atoms with van der Waals surface area (Å²) in [6.45, 7) is 8.93. The van der Waals surface area contributed by atoms with E-state index in [1.54, 1.807) is 12.1 Å². The highest BCUT2D eigenvalue weighted by Crippen LogP contribution is 2.39. The van der Waals surface area contributed by atoms with Gasteiger partial charge < -0.3 is 15.4 Å². The Morgan fingerprint density at radius 1 is 1.10 bits per heavy atom. The van der Waals surface area contributed by atoms with E-state index in [1.807, 2.05) is 38.7 Å². The minimum Gasteiger partial charge on any atom is -0.493 e. The maximum absolute atomic E-state index is 14.6. The molecule has 11 heteroatoms. The van der Waals surface area contributed by atoms with Crippen molar-refractivity contribution in [3.8, 4) is 17.0 Å². The molecule has 218 valence electrons. The molecule has 0 saturated carbocycles. The SMILES string of the molecule is Cc1cc(C)c2c(c1)CCN2c1nc(-c2cc(F)cc(OCC(C)C)c2)ccc1C(=O)NS(=O)(=O)c1cccc(N)n1. The summed E-state index contributed by atoms with van der Waals surface area (Å²) in [5.41, 5.74) is 10.7. The van der Waals surface area contributed by atoms with Crippen LogP contribution in [-0.4, -0.2) is 37.4 Å². The van der Waals surface area contributed by atoms with Crippen LogP contribution in [0.2, 0.25) is 0 Å². The Balaban J connectivity index is 1.60. The number of pyridine rings is 2. The maximum atomic E-state index is 14.6. The predicted octanol–water partition coefficient (Wildman–Crippen LogP) is 5.33. The molecule has 0 radical (unpaired) electrons. The molecule has 2 aromatic heterocycles. The van der Waals surface area contributed by atoms with Crippen molar-refractivity contribution in [3.63, 3.8) is 0 Å². The maximum Gasteiger partial charge on any atom is 0.281 e. The quantitative estimate of drug-likeness (QED) is 0.282. The summed E-state index contributed by atoms with van der Waals surface area (Å²) in [4.78, 5) is 24.1. The van der Waals surface area contributed by atoms with Gasteiger partial charge in [-0.25, -0.2) is 19.1 Å². The molecule has 0 spiro atoms. The van der Waals surface area contributed by atoms with E-state index >= 15 is 0 Å². The van der Waals surface area contributed by atoms with Gasteiger partial charge in [0.2, 0.25) is 0 Å². The zero-order valence-corrected chi connectivity index (χ0v) is 24.6. The second-order valence-corrected chi connectivity index (χ2v) is 12.4. The topological polar surface area (TPSA) is 128 Å². The number of nitrogen functional groups attached to an aromatic ring is 1. The van der Waals surface area contributed by atoms with E-state index in [2.05, 4.69) is 15.8 Å². The number of nitrogens with two attached hydrogens (primary N) is 1. The first-order chi connectivity index (χ1) is 19.9. The zero-order valence-electron chi connectivity index (χ0n) is 23.8. The number of halogens is 1. The van der Waals surface area contributed by atoms with E-state index < -0.39 is 21.7 Å². The average molecular weight is 590 g/mol. The molecule has 0 saturated heterocycles. The molecule has 3 N–H and O–H groups in total. The number of fused-ring (bicyclic) bond motifs is 1. The van der Waals surface area contributed by atoms with Crippen molar-refractivity contribution in [2.45, 2.75) is 39.1 Å². The summed E-state index contributed by atoms with van der Waals surface area (Å²) in [6.07, 6.45) is 0.712. The number of carbonyl (C=O) groups excluding carboxylic acids is 1. The van der Waals surface area contributed by atoms with Crippen molar-refractivity contribution in [3.05, 3.63) is 88.7 Å². The zero-order chi connectivity index (χ0) is 30.2. The van der Waals surface area contributed by atoms with Crippen LogP contribution in [0.5, 0.6) is 5.75 Å². The molecular formula is C31H32FN5O4S. The molecule has 1 aliphatic heterocycles. The van der Waals surface area contributed by atoms with Crippen LogP contribution >= 0.6 is 0 Å². The van der Waals surface area contributed by atoms with E-state index in [9.17, 15) is 17.6 Å². The number of hydrogen-bond acceptors (Lipinski definition) is 8. The van der Waals surface area contributed by atoms with Crippen LogP contribution in [0.25, 0.3) is 11.3 Å². The minimum absolute atomic E-state index is 0.00307. The number of ether oxygens (including phenoxy) is 1. The molecule has 9 nitrogen and oxygen atoms in total. The van der Waals surface area contributed by atoms with Crippen LogP contribution in [0.3, 0.4) is 0 Å². The Morgan fingerprint density at radius 3 is 2.62 bits per heavy atom. The summed E-state index contributed by atoms with van der Waals surface area (Å²) >= 11 is 0. The minimum atomic E-state index is -4.33. The monoisotopic (exact) mass is 589 g/mol. The summed E-state index contributed by atoms with van der Waals surface area (Å²) in [7, 11) is -4.33. The Hall–Kier alpha value is -4.51. The molecule has 3 heterocycles. The van der Waals surface area contributed by atoms with E-state index in [0.717, 1.165) is 22.4 Å². The Labute approximate surface area is 244 Å². The Morgan fingerprint density at radius 2 is 1.88 bits per heavy atom. The summed E-state index contributed by atoms with van der Waals surface area (Å²) in [6, 6.07) is 15.7. The lowest BCUT2D eigenvalue weighted by molar-refractivity contribution is 0.0981. The van der Waals surface area contributed by atoms with Gasteiger partial charge in [-0.1, -0.05) is 37.6 Å². The van der Waals surface area contributed by atoms with Gasteiger partial charge in [0.1, 0.15) is 23.2 Å². The van der Waals surface area contributed by atoms with Crippen molar-refractivity contribution < 1.29 is 22.3 Å². The lowest BCUT2D eigenvalue weighted by Gasteiger charge is -2.24. The third-order valence-corrected chi connectivity index (χ3v) is 8.00. The lowest BCUT2D eigenvalue weighted by atomic mass is 10.0. The van der Waals surface area contributed by atoms with Crippen LogP contribution < -0.4 is 20.1 Å². The number of hydrogen-bond donors (Lipinski definition) is 2. The molecule has 0 fully saturated rings. The van der Waals surface area contributed by atoms with Crippen LogP contribution in [0.4, 0.5) is 21.7 Å².